The van der Waals surface area contributed by atoms with Crippen LogP contribution in [0.5, 0.6) is 5.88 Å². The molecule has 2 aliphatic heterocycles. The highest BCUT2D eigenvalue weighted by atomic mass is 16.5. The van der Waals surface area contributed by atoms with Crippen LogP contribution in [0.15, 0.2) is 48.7 Å². The highest BCUT2D eigenvalue weighted by molar-refractivity contribution is 5.80. The van der Waals surface area contributed by atoms with Gasteiger partial charge in [-0.1, -0.05) is 6.92 Å². The second-order valence-corrected chi connectivity index (χ2v) is 9.26. The number of anilines is 3. The molecule has 2 saturated heterocycles. The van der Waals surface area contributed by atoms with Crippen LogP contribution >= 0.6 is 0 Å². The van der Waals surface area contributed by atoms with Crippen molar-refractivity contribution < 1.29 is 4.74 Å². The van der Waals surface area contributed by atoms with Crippen LogP contribution in [-0.2, 0) is 0 Å². The van der Waals surface area contributed by atoms with E-state index in [0.29, 0.717) is 18.4 Å². The predicted octanol–water partition coefficient (Wildman–Crippen LogP) is 4.99. The summed E-state index contributed by atoms with van der Waals surface area (Å²) in [6.07, 6.45) is 6.61. The van der Waals surface area contributed by atoms with Crippen molar-refractivity contribution in [3.63, 3.8) is 0 Å². The fraction of sp³-hybridized carbons (Fsp3) is 0.462. The molecule has 0 bridgehead atoms. The Kier molecular flexibility index (Phi) is 6.39. The Morgan fingerprint density at radius 2 is 1.72 bits per heavy atom. The summed E-state index contributed by atoms with van der Waals surface area (Å²) in [5.41, 5.74) is 5.10. The van der Waals surface area contributed by atoms with Crippen molar-refractivity contribution in [3.05, 3.63) is 48.7 Å². The highest BCUT2D eigenvalue weighted by Gasteiger charge is 2.16. The van der Waals surface area contributed by atoms with Gasteiger partial charge in [-0.2, -0.15) is 0 Å². The third-order valence-corrected chi connectivity index (χ3v) is 6.75. The summed E-state index contributed by atoms with van der Waals surface area (Å²) in [5.74, 6) is 2.05. The molecule has 0 unspecified atom stereocenters. The molecule has 168 valence electrons. The van der Waals surface area contributed by atoms with E-state index in [4.69, 9.17) is 9.72 Å². The molecule has 2 aliphatic rings. The van der Waals surface area contributed by atoms with Crippen LogP contribution in [0.1, 0.15) is 32.6 Å². The minimum atomic E-state index is 0.595. The summed E-state index contributed by atoms with van der Waals surface area (Å²) in [6, 6.07) is 14.8. The van der Waals surface area contributed by atoms with Crippen LogP contribution in [0.2, 0.25) is 0 Å². The molecule has 1 aromatic heterocycles. The molecule has 0 radical (unpaired) electrons. The fourth-order valence-corrected chi connectivity index (χ4v) is 4.58. The first-order valence-electron chi connectivity index (χ1n) is 12.0. The summed E-state index contributed by atoms with van der Waals surface area (Å²) in [5, 5.41) is 6.89. The second-order valence-electron chi connectivity index (χ2n) is 9.26. The number of hydrogen-bond donors (Lipinski definition) is 2. The molecule has 2 N–H and O–H groups in total. The van der Waals surface area contributed by atoms with Gasteiger partial charge in [-0.25, -0.2) is 9.97 Å². The number of ether oxygens (including phenoxy) is 1. The number of fused-ring (bicyclic) bond motifs is 1. The molecule has 0 amide bonds. The quantitative estimate of drug-likeness (QED) is 0.573. The number of piperidine rings is 2. The van der Waals surface area contributed by atoms with Gasteiger partial charge in [-0.05, 0) is 93.1 Å². The van der Waals surface area contributed by atoms with Gasteiger partial charge in [0.05, 0.1) is 23.8 Å². The molecule has 3 aromatic rings. The molecule has 6 nitrogen and oxygen atoms in total. The lowest BCUT2D eigenvalue weighted by atomic mass is 9.99. The lowest BCUT2D eigenvalue weighted by Crippen LogP contribution is -2.32. The van der Waals surface area contributed by atoms with Crippen molar-refractivity contribution in [2.45, 2.75) is 32.6 Å². The molecule has 32 heavy (non-hydrogen) atoms. The van der Waals surface area contributed by atoms with E-state index in [0.717, 1.165) is 67.3 Å². The van der Waals surface area contributed by atoms with Crippen molar-refractivity contribution in [2.24, 2.45) is 11.8 Å². The lowest BCUT2D eigenvalue weighted by Gasteiger charge is -2.32. The van der Waals surface area contributed by atoms with Crippen molar-refractivity contribution in [2.75, 3.05) is 43.0 Å². The molecule has 6 heteroatoms. The summed E-state index contributed by atoms with van der Waals surface area (Å²) in [4.78, 5) is 11.7. The maximum absolute atomic E-state index is 5.96. The summed E-state index contributed by atoms with van der Waals surface area (Å²) in [6.45, 7) is 7.51. The molecule has 0 spiro atoms. The topological polar surface area (TPSA) is 62.3 Å². The van der Waals surface area contributed by atoms with E-state index in [-0.39, 0.29) is 0 Å². The molecule has 5 rings (SSSR count). The van der Waals surface area contributed by atoms with E-state index in [9.17, 15) is 0 Å². The molecule has 0 atom stereocenters. The van der Waals surface area contributed by atoms with Gasteiger partial charge in [0.1, 0.15) is 0 Å². The third-order valence-electron chi connectivity index (χ3n) is 6.75. The van der Waals surface area contributed by atoms with Gasteiger partial charge in [-0.15, -0.1) is 0 Å². The number of aromatic nitrogens is 2. The van der Waals surface area contributed by atoms with E-state index in [1.165, 1.54) is 18.5 Å². The van der Waals surface area contributed by atoms with Gasteiger partial charge in [-0.3, -0.25) is 0 Å². The highest BCUT2D eigenvalue weighted by Crippen LogP contribution is 2.26. The summed E-state index contributed by atoms with van der Waals surface area (Å²) in [7, 11) is 0. The number of nitrogens with zero attached hydrogens (tertiary/aromatic N) is 3. The molecule has 2 fully saturated rings. The standard InChI is InChI=1S/C26H33N5O/c1-19-10-14-31(15-11-19)23-5-2-21(3-6-23)29-22-4-7-24-25(16-22)30-26(17-28-24)32-18-20-8-12-27-13-9-20/h2-7,16-17,19-20,27,29H,8-15,18H2,1H3. The number of hydrogen-bond acceptors (Lipinski definition) is 6. The first-order valence-corrected chi connectivity index (χ1v) is 12.0. The van der Waals surface area contributed by atoms with Crippen molar-refractivity contribution in [1.82, 2.24) is 15.3 Å². The van der Waals surface area contributed by atoms with Gasteiger partial charge in [0.15, 0.2) is 0 Å². The van der Waals surface area contributed by atoms with Crippen LogP contribution in [0.25, 0.3) is 11.0 Å². The van der Waals surface area contributed by atoms with Gasteiger partial charge < -0.3 is 20.3 Å². The maximum atomic E-state index is 5.96. The maximum Gasteiger partial charge on any atom is 0.232 e. The van der Waals surface area contributed by atoms with Gasteiger partial charge >= 0.3 is 0 Å². The van der Waals surface area contributed by atoms with Crippen molar-refractivity contribution in [3.8, 4) is 5.88 Å². The van der Waals surface area contributed by atoms with Gasteiger partial charge in [0.25, 0.3) is 0 Å². The smallest absolute Gasteiger partial charge is 0.232 e. The predicted molar refractivity (Wildman–Crippen MR) is 131 cm³/mol. The van der Waals surface area contributed by atoms with E-state index in [1.807, 2.05) is 18.2 Å². The van der Waals surface area contributed by atoms with Gasteiger partial charge in [0.2, 0.25) is 5.88 Å². The summed E-state index contributed by atoms with van der Waals surface area (Å²) < 4.78 is 5.96. The van der Waals surface area contributed by atoms with Crippen LogP contribution in [-0.4, -0.2) is 42.8 Å². The number of benzene rings is 2. The second kappa shape index (κ2) is 9.74. The Bertz CT molecular complexity index is 1020. The Morgan fingerprint density at radius 3 is 2.50 bits per heavy atom. The molecule has 0 aliphatic carbocycles. The summed E-state index contributed by atoms with van der Waals surface area (Å²) >= 11 is 0. The van der Waals surface area contributed by atoms with E-state index < -0.39 is 0 Å². The van der Waals surface area contributed by atoms with E-state index in [1.54, 1.807) is 6.20 Å². The molecule has 2 aromatic carbocycles. The Labute approximate surface area is 190 Å². The van der Waals surface area contributed by atoms with Crippen LogP contribution < -0.4 is 20.3 Å². The molecular weight excluding hydrogens is 398 g/mol. The first-order chi connectivity index (χ1) is 15.7. The van der Waals surface area contributed by atoms with Crippen LogP contribution in [0.3, 0.4) is 0 Å². The van der Waals surface area contributed by atoms with Crippen LogP contribution in [0, 0.1) is 11.8 Å². The zero-order valence-electron chi connectivity index (χ0n) is 18.9. The van der Waals surface area contributed by atoms with Gasteiger partial charge in [0, 0.05) is 30.2 Å². The Morgan fingerprint density at radius 1 is 0.969 bits per heavy atom. The monoisotopic (exact) mass is 431 g/mol. The van der Waals surface area contributed by atoms with Crippen molar-refractivity contribution >= 4 is 28.1 Å². The Balaban J connectivity index is 1.23. The van der Waals surface area contributed by atoms with Crippen molar-refractivity contribution in [1.29, 1.82) is 0 Å². The average molecular weight is 432 g/mol. The largest absolute Gasteiger partial charge is 0.476 e. The molecule has 3 heterocycles. The third kappa shape index (κ3) is 5.13. The number of nitrogens with one attached hydrogen (secondary N) is 2. The normalized spacial score (nSPS) is 18.1. The van der Waals surface area contributed by atoms with E-state index in [2.05, 4.69) is 51.7 Å². The SMILES string of the molecule is CC1CCN(c2ccc(Nc3ccc4ncc(OCC5CCNCC5)nc4c3)cc2)CC1. The van der Waals surface area contributed by atoms with E-state index >= 15 is 0 Å². The Hall–Kier alpha value is -2.86. The lowest BCUT2D eigenvalue weighted by molar-refractivity contribution is 0.209. The zero-order chi connectivity index (χ0) is 21.8. The fourth-order valence-electron chi connectivity index (χ4n) is 4.58. The number of rotatable bonds is 6. The molecule has 0 saturated carbocycles. The zero-order valence-corrected chi connectivity index (χ0v) is 18.9. The average Bonchev–Trinajstić information content (AvgIpc) is 2.84. The first kappa shape index (κ1) is 21.0. The van der Waals surface area contributed by atoms with Crippen LogP contribution in [0.4, 0.5) is 17.1 Å². The minimum Gasteiger partial charge on any atom is -0.476 e. The molecular formula is C26H33N5O. The minimum absolute atomic E-state index is 0.595.